The summed E-state index contributed by atoms with van der Waals surface area (Å²) in [5.74, 6) is 0.863. The lowest BCUT2D eigenvalue weighted by atomic mass is 9.91. The Bertz CT molecular complexity index is 312. The summed E-state index contributed by atoms with van der Waals surface area (Å²) in [7, 11) is 0. The molecule has 0 aliphatic heterocycles. The average Bonchev–Trinajstić information content (AvgIpc) is 2.25. The fourth-order valence-corrected chi connectivity index (χ4v) is 2.10. The van der Waals surface area contributed by atoms with Crippen molar-refractivity contribution in [3.05, 3.63) is 23.4 Å². The zero-order chi connectivity index (χ0) is 10.7. The quantitative estimate of drug-likeness (QED) is 0.813. The van der Waals surface area contributed by atoms with Crippen LogP contribution in [0.4, 0.5) is 5.82 Å². The van der Waals surface area contributed by atoms with Crippen LogP contribution in [0.15, 0.2) is 18.3 Å². The highest BCUT2D eigenvalue weighted by Crippen LogP contribution is 2.20. The van der Waals surface area contributed by atoms with Crippen LogP contribution < -0.4 is 11.1 Å². The minimum absolute atomic E-state index is 0.247. The van der Waals surface area contributed by atoms with Gasteiger partial charge in [0.25, 0.3) is 0 Å². The summed E-state index contributed by atoms with van der Waals surface area (Å²) in [5, 5.41) is 4.02. The smallest absolute Gasteiger partial charge is 0.126 e. The highest BCUT2D eigenvalue weighted by atomic mass is 35.5. The third-order valence-corrected chi connectivity index (χ3v) is 3.10. The van der Waals surface area contributed by atoms with Crippen molar-refractivity contribution in [1.29, 1.82) is 0 Å². The number of hydrogen-bond acceptors (Lipinski definition) is 3. The molecule has 2 rings (SSSR count). The van der Waals surface area contributed by atoms with Gasteiger partial charge in [-0.3, -0.25) is 0 Å². The first kappa shape index (κ1) is 10.7. The maximum Gasteiger partial charge on any atom is 0.126 e. The fraction of sp³-hybridized carbons (Fsp3) is 0.545. The van der Waals surface area contributed by atoms with Crippen molar-refractivity contribution in [2.24, 2.45) is 5.73 Å². The molecule has 1 aliphatic carbocycles. The van der Waals surface area contributed by atoms with Crippen LogP contribution in [0.1, 0.15) is 25.7 Å². The Kier molecular flexibility index (Phi) is 3.44. The van der Waals surface area contributed by atoms with Crippen LogP contribution in [-0.4, -0.2) is 17.1 Å². The number of nitrogens with one attached hydrogen (secondary N) is 1. The molecule has 0 aromatic carbocycles. The lowest BCUT2D eigenvalue weighted by Crippen LogP contribution is -2.42. The molecule has 0 saturated heterocycles. The maximum absolute atomic E-state index is 6.04. The first-order chi connectivity index (χ1) is 7.25. The minimum atomic E-state index is 0.247. The van der Waals surface area contributed by atoms with E-state index in [4.69, 9.17) is 17.3 Å². The highest BCUT2D eigenvalue weighted by Gasteiger charge is 2.21. The monoisotopic (exact) mass is 225 g/mol. The lowest BCUT2D eigenvalue weighted by molar-refractivity contribution is 0.403. The van der Waals surface area contributed by atoms with Crippen LogP contribution in [0.5, 0.6) is 0 Å². The number of pyridine rings is 1. The van der Waals surface area contributed by atoms with E-state index in [2.05, 4.69) is 10.3 Å². The SMILES string of the molecule is N[C@@H]1CCCC[C@H]1Nc1ccc(Cl)cn1. The van der Waals surface area contributed by atoms with Crippen LogP contribution >= 0.6 is 11.6 Å². The summed E-state index contributed by atoms with van der Waals surface area (Å²) in [6.45, 7) is 0. The van der Waals surface area contributed by atoms with Crippen molar-refractivity contribution >= 4 is 17.4 Å². The van der Waals surface area contributed by atoms with Crippen LogP contribution in [0, 0.1) is 0 Å². The molecule has 3 N–H and O–H groups in total. The summed E-state index contributed by atoms with van der Waals surface area (Å²) in [5.41, 5.74) is 6.04. The van der Waals surface area contributed by atoms with Gasteiger partial charge in [-0.25, -0.2) is 4.98 Å². The standard InChI is InChI=1S/C11H16ClN3/c12-8-5-6-11(14-7-8)15-10-4-2-1-3-9(10)13/h5-7,9-10H,1-4,13H2,(H,14,15)/t9-,10-/m1/s1. The Balaban J connectivity index is 1.98. The van der Waals surface area contributed by atoms with Gasteiger partial charge in [0, 0.05) is 18.3 Å². The molecule has 1 aromatic rings. The van der Waals surface area contributed by atoms with Crippen LogP contribution in [0.2, 0.25) is 5.02 Å². The topological polar surface area (TPSA) is 50.9 Å². The number of nitrogens with two attached hydrogens (primary N) is 1. The third-order valence-electron chi connectivity index (χ3n) is 2.88. The van der Waals surface area contributed by atoms with E-state index < -0.39 is 0 Å². The second kappa shape index (κ2) is 4.81. The van der Waals surface area contributed by atoms with Crippen LogP contribution in [0.25, 0.3) is 0 Å². The van der Waals surface area contributed by atoms with Gasteiger partial charge in [-0.15, -0.1) is 0 Å². The normalized spacial score (nSPS) is 26.3. The first-order valence-electron chi connectivity index (χ1n) is 5.39. The fourth-order valence-electron chi connectivity index (χ4n) is 1.99. The maximum atomic E-state index is 6.04. The van der Waals surface area contributed by atoms with E-state index in [9.17, 15) is 0 Å². The van der Waals surface area contributed by atoms with Gasteiger partial charge in [0.2, 0.25) is 0 Å². The Morgan fingerprint density at radius 2 is 2.13 bits per heavy atom. The third kappa shape index (κ3) is 2.83. The van der Waals surface area contributed by atoms with Crippen molar-refractivity contribution in [2.45, 2.75) is 37.8 Å². The van der Waals surface area contributed by atoms with Crippen molar-refractivity contribution in [1.82, 2.24) is 4.98 Å². The van der Waals surface area contributed by atoms with E-state index in [0.29, 0.717) is 11.1 Å². The van der Waals surface area contributed by atoms with E-state index in [1.54, 1.807) is 6.20 Å². The molecule has 82 valence electrons. The van der Waals surface area contributed by atoms with Crippen molar-refractivity contribution < 1.29 is 0 Å². The predicted molar refractivity (Wildman–Crippen MR) is 63.1 cm³/mol. The molecule has 1 saturated carbocycles. The van der Waals surface area contributed by atoms with E-state index in [-0.39, 0.29) is 6.04 Å². The van der Waals surface area contributed by atoms with Gasteiger partial charge in [-0.1, -0.05) is 24.4 Å². The molecule has 0 unspecified atom stereocenters. The van der Waals surface area contributed by atoms with E-state index in [1.807, 2.05) is 12.1 Å². The Hall–Kier alpha value is -0.800. The van der Waals surface area contributed by atoms with Gasteiger partial charge in [-0.2, -0.15) is 0 Å². The van der Waals surface area contributed by atoms with E-state index >= 15 is 0 Å². The number of anilines is 1. The molecule has 0 amide bonds. The molecule has 1 aliphatic rings. The molecule has 1 heterocycles. The summed E-state index contributed by atoms with van der Waals surface area (Å²) in [6.07, 6.45) is 6.38. The Morgan fingerprint density at radius 3 is 2.80 bits per heavy atom. The Labute approximate surface area is 95.0 Å². The van der Waals surface area contributed by atoms with Crippen molar-refractivity contribution in [3.63, 3.8) is 0 Å². The molecular formula is C11H16ClN3. The summed E-state index contributed by atoms with van der Waals surface area (Å²) in [4.78, 5) is 4.21. The molecule has 0 spiro atoms. The predicted octanol–water partition coefficient (Wildman–Crippen LogP) is 2.42. The van der Waals surface area contributed by atoms with Gasteiger partial charge < -0.3 is 11.1 Å². The molecule has 15 heavy (non-hydrogen) atoms. The van der Waals surface area contributed by atoms with E-state index in [0.717, 1.165) is 18.7 Å². The largest absolute Gasteiger partial charge is 0.366 e. The van der Waals surface area contributed by atoms with E-state index in [1.165, 1.54) is 12.8 Å². The van der Waals surface area contributed by atoms with Crippen LogP contribution in [0.3, 0.4) is 0 Å². The van der Waals surface area contributed by atoms with Crippen molar-refractivity contribution in [2.75, 3.05) is 5.32 Å². The summed E-state index contributed by atoms with van der Waals surface area (Å²) < 4.78 is 0. The van der Waals surface area contributed by atoms with Gasteiger partial charge in [0.15, 0.2) is 0 Å². The molecular weight excluding hydrogens is 210 g/mol. The first-order valence-corrected chi connectivity index (χ1v) is 5.77. The second-order valence-electron chi connectivity index (χ2n) is 4.06. The number of aromatic nitrogens is 1. The van der Waals surface area contributed by atoms with Gasteiger partial charge in [-0.05, 0) is 25.0 Å². The zero-order valence-corrected chi connectivity index (χ0v) is 9.37. The summed E-state index contributed by atoms with van der Waals surface area (Å²) in [6, 6.07) is 4.33. The summed E-state index contributed by atoms with van der Waals surface area (Å²) >= 11 is 5.77. The molecule has 0 radical (unpaired) electrons. The highest BCUT2D eigenvalue weighted by molar-refractivity contribution is 6.30. The number of rotatable bonds is 2. The number of halogens is 1. The zero-order valence-electron chi connectivity index (χ0n) is 8.62. The molecule has 4 heteroatoms. The van der Waals surface area contributed by atoms with Crippen molar-refractivity contribution in [3.8, 4) is 0 Å². The van der Waals surface area contributed by atoms with Gasteiger partial charge in [0.1, 0.15) is 5.82 Å². The number of nitrogens with zero attached hydrogens (tertiary/aromatic N) is 1. The molecule has 2 atom stereocenters. The van der Waals surface area contributed by atoms with Crippen LogP contribution in [-0.2, 0) is 0 Å². The Morgan fingerprint density at radius 1 is 1.33 bits per heavy atom. The minimum Gasteiger partial charge on any atom is -0.366 e. The second-order valence-corrected chi connectivity index (χ2v) is 4.50. The lowest BCUT2D eigenvalue weighted by Gasteiger charge is -2.29. The molecule has 1 fully saturated rings. The molecule has 0 bridgehead atoms. The average molecular weight is 226 g/mol. The molecule has 3 nitrogen and oxygen atoms in total. The van der Waals surface area contributed by atoms with Gasteiger partial charge in [0.05, 0.1) is 5.02 Å². The number of hydrogen-bond donors (Lipinski definition) is 2. The molecule has 1 aromatic heterocycles. The van der Waals surface area contributed by atoms with Gasteiger partial charge >= 0.3 is 0 Å².